The maximum absolute atomic E-state index is 12.2. The summed E-state index contributed by atoms with van der Waals surface area (Å²) in [6, 6.07) is 10.9. The first-order chi connectivity index (χ1) is 8.77. The van der Waals surface area contributed by atoms with Crippen LogP contribution in [0.25, 0.3) is 10.8 Å². The van der Waals surface area contributed by atoms with Crippen molar-refractivity contribution in [3.63, 3.8) is 0 Å². The lowest BCUT2D eigenvalue weighted by atomic mass is 10.0. The van der Waals surface area contributed by atoms with E-state index in [1.165, 1.54) is 5.06 Å². The van der Waals surface area contributed by atoms with Gasteiger partial charge in [0.2, 0.25) is 0 Å². The molecule has 2 aromatic rings. The molecule has 1 amide bonds. The lowest BCUT2D eigenvalue weighted by Gasteiger charge is -2.15. The molecule has 1 fully saturated rings. The molecule has 92 valence electrons. The van der Waals surface area contributed by atoms with E-state index in [-0.39, 0.29) is 17.2 Å². The normalized spacial score (nSPS) is 15.2. The van der Waals surface area contributed by atoms with Gasteiger partial charge in [-0.2, -0.15) is 0 Å². The summed E-state index contributed by atoms with van der Waals surface area (Å²) in [5, 5.41) is 13.1. The van der Waals surface area contributed by atoms with Gasteiger partial charge in [-0.3, -0.25) is 9.63 Å². The van der Waals surface area contributed by atoms with E-state index < -0.39 is 0 Å². The van der Waals surface area contributed by atoms with Crippen LogP contribution in [0.15, 0.2) is 36.4 Å². The van der Waals surface area contributed by atoms with Crippen LogP contribution in [0.2, 0.25) is 0 Å². The fourth-order valence-electron chi connectivity index (χ4n) is 2.17. The second kappa shape index (κ2) is 4.31. The third-order valence-electron chi connectivity index (χ3n) is 3.11. The molecule has 4 nitrogen and oxygen atoms in total. The number of fused-ring (bicyclic) bond motifs is 1. The highest BCUT2D eigenvalue weighted by Crippen LogP contribution is 2.29. The van der Waals surface area contributed by atoms with Crippen molar-refractivity contribution in [3.8, 4) is 5.75 Å². The summed E-state index contributed by atoms with van der Waals surface area (Å²) >= 11 is 0. The Bertz CT molecular complexity index is 603. The molecule has 1 heterocycles. The van der Waals surface area contributed by atoms with Gasteiger partial charge in [-0.25, -0.2) is 5.06 Å². The highest BCUT2D eigenvalue weighted by Gasteiger charge is 2.23. The Morgan fingerprint density at radius 2 is 2.06 bits per heavy atom. The van der Waals surface area contributed by atoms with Crippen LogP contribution >= 0.6 is 0 Å². The summed E-state index contributed by atoms with van der Waals surface area (Å²) in [4.78, 5) is 17.4. The minimum Gasteiger partial charge on any atom is -0.506 e. The molecule has 0 aliphatic carbocycles. The van der Waals surface area contributed by atoms with Crippen LogP contribution in [0.4, 0.5) is 0 Å². The average Bonchev–Trinajstić information content (AvgIpc) is 2.93. The number of hydrogen-bond donors (Lipinski definition) is 1. The SMILES string of the molecule is O=C(c1ccc2ccccc2c1O)N1CCCO1. The zero-order valence-corrected chi connectivity index (χ0v) is 9.80. The first-order valence-corrected chi connectivity index (χ1v) is 5.93. The zero-order valence-electron chi connectivity index (χ0n) is 9.80. The molecule has 0 saturated carbocycles. The number of carbonyl (C=O) groups is 1. The number of aromatic hydroxyl groups is 1. The van der Waals surface area contributed by atoms with E-state index in [4.69, 9.17) is 4.84 Å². The number of rotatable bonds is 1. The van der Waals surface area contributed by atoms with Gasteiger partial charge in [0.15, 0.2) is 0 Å². The zero-order chi connectivity index (χ0) is 12.5. The Morgan fingerprint density at radius 3 is 2.83 bits per heavy atom. The van der Waals surface area contributed by atoms with Crippen LogP contribution in [0, 0.1) is 0 Å². The highest BCUT2D eigenvalue weighted by atomic mass is 16.7. The number of phenolic OH excluding ortho intramolecular Hbond substituents is 1. The van der Waals surface area contributed by atoms with Gasteiger partial charge in [-0.05, 0) is 17.9 Å². The average molecular weight is 243 g/mol. The summed E-state index contributed by atoms with van der Waals surface area (Å²) in [7, 11) is 0. The van der Waals surface area contributed by atoms with Gasteiger partial charge in [-0.15, -0.1) is 0 Å². The van der Waals surface area contributed by atoms with Gasteiger partial charge >= 0.3 is 0 Å². The predicted octanol–water partition coefficient (Wildman–Crippen LogP) is 2.32. The molecule has 0 bridgehead atoms. The summed E-state index contributed by atoms with van der Waals surface area (Å²) in [5.74, 6) is -0.260. The molecule has 18 heavy (non-hydrogen) atoms. The first-order valence-electron chi connectivity index (χ1n) is 5.93. The third kappa shape index (κ3) is 1.71. The fraction of sp³-hybridized carbons (Fsp3) is 0.214. The molecule has 0 atom stereocenters. The Balaban J connectivity index is 2.06. The molecular formula is C14H13NO3. The number of phenols is 1. The van der Waals surface area contributed by atoms with Crippen LogP contribution in [-0.2, 0) is 4.84 Å². The van der Waals surface area contributed by atoms with Gasteiger partial charge in [0.1, 0.15) is 5.75 Å². The minimum atomic E-state index is -0.282. The monoisotopic (exact) mass is 243 g/mol. The molecule has 0 radical (unpaired) electrons. The number of hydrogen-bond acceptors (Lipinski definition) is 3. The Morgan fingerprint density at radius 1 is 1.22 bits per heavy atom. The molecule has 1 N–H and O–H groups in total. The smallest absolute Gasteiger partial charge is 0.281 e. The Kier molecular flexibility index (Phi) is 2.64. The van der Waals surface area contributed by atoms with Crippen molar-refractivity contribution in [1.82, 2.24) is 5.06 Å². The van der Waals surface area contributed by atoms with Gasteiger partial charge in [0.05, 0.1) is 18.7 Å². The standard InChI is InChI=1S/C14H13NO3/c16-13-11-5-2-1-4-10(11)6-7-12(13)14(17)15-8-3-9-18-15/h1-2,4-7,16H,3,8-9H2. The summed E-state index contributed by atoms with van der Waals surface area (Å²) in [5.41, 5.74) is 0.288. The molecule has 3 rings (SSSR count). The van der Waals surface area contributed by atoms with E-state index in [1.807, 2.05) is 24.3 Å². The van der Waals surface area contributed by atoms with Crippen molar-refractivity contribution in [2.24, 2.45) is 0 Å². The maximum atomic E-state index is 12.2. The van der Waals surface area contributed by atoms with Gasteiger partial charge in [0.25, 0.3) is 5.91 Å². The van der Waals surface area contributed by atoms with Crippen molar-refractivity contribution in [2.75, 3.05) is 13.2 Å². The van der Waals surface area contributed by atoms with E-state index in [9.17, 15) is 9.90 Å². The molecular weight excluding hydrogens is 230 g/mol. The van der Waals surface area contributed by atoms with Crippen LogP contribution in [0.1, 0.15) is 16.8 Å². The van der Waals surface area contributed by atoms with E-state index in [1.54, 1.807) is 12.1 Å². The number of hydroxylamine groups is 2. The maximum Gasteiger partial charge on any atom is 0.281 e. The second-order valence-corrected chi connectivity index (χ2v) is 4.28. The van der Waals surface area contributed by atoms with E-state index >= 15 is 0 Å². The molecule has 0 unspecified atom stereocenters. The number of carbonyl (C=O) groups excluding carboxylic acids is 1. The van der Waals surface area contributed by atoms with Crippen LogP contribution in [0.5, 0.6) is 5.75 Å². The summed E-state index contributed by atoms with van der Waals surface area (Å²) < 4.78 is 0. The number of nitrogens with zero attached hydrogens (tertiary/aromatic N) is 1. The molecule has 0 aromatic heterocycles. The van der Waals surface area contributed by atoms with E-state index in [2.05, 4.69) is 0 Å². The first kappa shape index (κ1) is 11.0. The third-order valence-corrected chi connectivity index (χ3v) is 3.11. The van der Waals surface area contributed by atoms with E-state index in [0.29, 0.717) is 18.5 Å². The van der Waals surface area contributed by atoms with E-state index in [0.717, 1.165) is 11.8 Å². The second-order valence-electron chi connectivity index (χ2n) is 4.28. The van der Waals surface area contributed by atoms with Crippen molar-refractivity contribution in [3.05, 3.63) is 42.0 Å². The molecule has 0 spiro atoms. The molecule has 1 saturated heterocycles. The number of amides is 1. The molecule has 1 aliphatic heterocycles. The Hall–Kier alpha value is -2.07. The van der Waals surface area contributed by atoms with Gasteiger partial charge in [0, 0.05) is 5.39 Å². The molecule has 1 aliphatic rings. The van der Waals surface area contributed by atoms with Crippen molar-refractivity contribution < 1.29 is 14.7 Å². The molecule has 2 aromatic carbocycles. The quantitative estimate of drug-likeness (QED) is 0.836. The highest BCUT2D eigenvalue weighted by molar-refractivity contribution is 6.03. The molecule has 4 heteroatoms. The largest absolute Gasteiger partial charge is 0.506 e. The van der Waals surface area contributed by atoms with Crippen LogP contribution in [0.3, 0.4) is 0 Å². The Labute approximate surface area is 104 Å². The van der Waals surface area contributed by atoms with Crippen LogP contribution in [-0.4, -0.2) is 29.2 Å². The van der Waals surface area contributed by atoms with Crippen LogP contribution < -0.4 is 0 Å². The van der Waals surface area contributed by atoms with Crippen molar-refractivity contribution >= 4 is 16.7 Å². The van der Waals surface area contributed by atoms with Gasteiger partial charge in [-0.1, -0.05) is 30.3 Å². The fourth-order valence-corrected chi connectivity index (χ4v) is 2.17. The number of benzene rings is 2. The van der Waals surface area contributed by atoms with Gasteiger partial charge < -0.3 is 5.11 Å². The predicted molar refractivity (Wildman–Crippen MR) is 67.2 cm³/mol. The summed E-state index contributed by atoms with van der Waals surface area (Å²) in [6.45, 7) is 1.13. The lowest BCUT2D eigenvalue weighted by Crippen LogP contribution is -2.26. The topological polar surface area (TPSA) is 49.8 Å². The lowest BCUT2D eigenvalue weighted by molar-refractivity contribution is -0.0769. The van der Waals surface area contributed by atoms with Crippen molar-refractivity contribution in [1.29, 1.82) is 0 Å². The minimum absolute atomic E-state index is 0.0219. The van der Waals surface area contributed by atoms with Crippen molar-refractivity contribution in [2.45, 2.75) is 6.42 Å². The summed E-state index contributed by atoms with van der Waals surface area (Å²) in [6.07, 6.45) is 0.833.